The molecule has 28 heavy (non-hydrogen) atoms. The SMILES string of the molecule is CCN(CCN1CCCCC1)C(=O)[C@H]1CC[C@@]2(CC1)OC(=O)c1ccccc12. The first-order valence-electron chi connectivity index (χ1n) is 11.0. The maximum atomic E-state index is 13.1. The van der Waals surface area contributed by atoms with Crippen molar-refractivity contribution in [1.29, 1.82) is 0 Å². The summed E-state index contributed by atoms with van der Waals surface area (Å²) in [6.07, 6.45) is 6.98. The number of benzene rings is 1. The lowest BCUT2D eigenvalue weighted by atomic mass is 9.74. The fourth-order valence-corrected chi connectivity index (χ4v) is 5.18. The fraction of sp³-hybridized carbons (Fsp3) is 0.652. The lowest BCUT2D eigenvalue weighted by Crippen LogP contribution is -2.44. The molecule has 0 atom stereocenters. The van der Waals surface area contributed by atoms with Crippen LogP contribution in [-0.2, 0) is 15.1 Å². The second kappa shape index (κ2) is 8.24. The number of fused-ring (bicyclic) bond motifs is 2. The molecule has 0 aromatic heterocycles. The van der Waals surface area contributed by atoms with E-state index in [9.17, 15) is 9.59 Å². The van der Waals surface area contributed by atoms with Crippen LogP contribution in [0.15, 0.2) is 24.3 Å². The molecule has 5 nitrogen and oxygen atoms in total. The lowest BCUT2D eigenvalue weighted by molar-refractivity contribution is -0.138. The Balaban J connectivity index is 1.35. The van der Waals surface area contributed by atoms with Crippen molar-refractivity contribution in [3.8, 4) is 0 Å². The van der Waals surface area contributed by atoms with Crippen molar-refractivity contribution in [3.05, 3.63) is 35.4 Å². The van der Waals surface area contributed by atoms with Gasteiger partial charge in [-0.05, 0) is 64.6 Å². The smallest absolute Gasteiger partial charge is 0.339 e. The largest absolute Gasteiger partial charge is 0.451 e. The minimum Gasteiger partial charge on any atom is -0.451 e. The summed E-state index contributed by atoms with van der Waals surface area (Å²) in [6, 6.07) is 7.72. The van der Waals surface area contributed by atoms with Crippen molar-refractivity contribution in [3.63, 3.8) is 0 Å². The highest BCUT2D eigenvalue weighted by Gasteiger charge is 2.48. The number of nitrogens with zero attached hydrogens (tertiary/aromatic N) is 2. The number of rotatable bonds is 5. The zero-order chi connectivity index (χ0) is 19.6. The standard InChI is InChI=1S/C23H32N2O3/c1-2-25(17-16-24-14-6-3-7-15-24)21(26)18-10-12-23(13-11-18)20-9-5-4-8-19(20)22(27)28-23/h4-5,8-9,18H,2-3,6-7,10-17H2,1H3/t18-,23-. The predicted octanol–water partition coefficient (Wildman–Crippen LogP) is 3.58. The topological polar surface area (TPSA) is 49.9 Å². The highest BCUT2D eigenvalue weighted by atomic mass is 16.6. The first-order chi connectivity index (χ1) is 13.6. The molecule has 0 N–H and O–H groups in total. The van der Waals surface area contributed by atoms with Crippen molar-refractivity contribution in [1.82, 2.24) is 9.80 Å². The van der Waals surface area contributed by atoms with Crippen molar-refractivity contribution in [2.75, 3.05) is 32.7 Å². The third-order valence-corrected chi connectivity index (χ3v) is 6.90. The third kappa shape index (κ3) is 3.69. The number of esters is 1. The Bertz CT molecular complexity index is 718. The molecule has 0 bridgehead atoms. The van der Waals surface area contributed by atoms with E-state index in [0.29, 0.717) is 5.56 Å². The Hall–Kier alpha value is -1.88. The molecule has 1 saturated carbocycles. The predicted molar refractivity (Wildman–Crippen MR) is 108 cm³/mol. The van der Waals surface area contributed by atoms with Gasteiger partial charge in [0.25, 0.3) is 0 Å². The average molecular weight is 385 g/mol. The molecule has 1 saturated heterocycles. The van der Waals surface area contributed by atoms with Crippen molar-refractivity contribution >= 4 is 11.9 Å². The van der Waals surface area contributed by atoms with E-state index in [1.807, 2.05) is 29.2 Å². The van der Waals surface area contributed by atoms with E-state index >= 15 is 0 Å². The summed E-state index contributed by atoms with van der Waals surface area (Å²) in [5.74, 6) is 0.127. The normalized spacial score (nSPS) is 27.5. The molecule has 4 rings (SSSR count). The summed E-state index contributed by atoms with van der Waals surface area (Å²) >= 11 is 0. The number of hydrogen-bond acceptors (Lipinski definition) is 4. The molecule has 2 heterocycles. The molecular formula is C23H32N2O3. The molecular weight excluding hydrogens is 352 g/mol. The van der Waals surface area contributed by atoms with Crippen molar-refractivity contribution in [2.24, 2.45) is 5.92 Å². The van der Waals surface area contributed by atoms with Gasteiger partial charge in [0, 0.05) is 31.1 Å². The van der Waals surface area contributed by atoms with E-state index in [-0.39, 0.29) is 17.8 Å². The third-order valence-electron chi connectivity index (χ3n) is 6.90. The molecule has 2 fully saturated rings. The van der Waals surface area contributed by atoms with Crippen LogP contribution in [0, 0.1) is 5.92 Å². The first kappa shape index (κ1) is 19.4. The zero-order valence-electron chi connectivity index (χ0n) is 17.0. The summed E-state index contributed by atoms with van der Waals surface area (Å²) in [4.78, 5) is 29.9. The van der Waals surface area contributed by atoms with Gasteiger partial charge in [-0.1, -0.05) is 24.6 Å². The highest BCUT2D eigenvalue weighted by Crippen LogP contribution is 2.48. The Kier molecular flexibility index (Phi) is 5.72. The quantitative estimate of drug-likeness (QED) is 0.728. The van der Waals surface area contributed by atoms with Gasteiger partial charge in [-0.2, -0.15) is 0 Å². The van der Waals surface area contributed by atoms with Gasteiger partial charge >= 0.3 is 5.97 Å². The van der Waals surface area contributed by atoms with Crippen LogP contribution in [0.5, 0.6) is 0 Å². The molecule has 0 unspecified atom stereocenters. The second-order valence-corrected chi connectivity index (χ2v) is 8.52. The van der Waals surface area contributed by atoms with E-state index in [1.54, 1.807) is 0 Å². The van der Waals surface area contributed by atoms with E-state index < -0.39 is 5.60 Å². The van der Waals surface area contributed by atoms with Crippen LogP contribution >= 0.6 is 0 Å². The van der Waals surface area contributed by atoms with Gasteiger partial charge in [0.1, 0.15) is 5.60 Å². The Morgan fingerprint density at radius 3 is 2.61 bits per heavy atom. The molecule has 0 radical (unpaired) electrons. The van der Waals surface area contributed by atoms with E-state index in [4.69, 9.17) is 4.74 Å². The lowest BCUT2D eigenvalue weighted by Gasteiger charge is -2.38. The summed E-state index contributed by atoms with van der Waals surface area (Å²) in [7, 11) is 0. The minimum absolute atomic E-state index is 0.0541. The van der Waals surface area contributed by atoms with Gasteiger partial charge < -0.3 is 14.5 Å². The Morgan fingerprint density at radius 1 is 1.18 bits per heavy atom. The maximum absolute atomic E-state index is 13.1. The van der Waals surface area contributed by atoms with Gasteiger partial charge in [0.05, 0.1) is 5.56 Å². The summed E-state index contributed by atoms with van der Waals surface area (Å²) < 4.78 is 5.83. The van der Waals surface area contributed by atoms with Gasteiger partial charge in [0.15, 0.2) is 0 Å². The van der Waals surface area contributed by atoms with E-state index in [1.165, 1.54) is 32.4 Å². The van der Waals surface area contributed by atoms with Crippen LogP contribution in [0.3, 0.4) is 0 Å². The molecule has 1 aromatic carbocycles. The molecule has 5 heteroatoms. The second-order valence-electron chi connectivity index (χ2n) is 8.52. The van der Waals surface area contributed by atoms with Crippen LogP contribution in [-0.4, -0.2) is 54.4 Å². The molecule has 2 aliphatic heterocycles. The first-order valence-corrected chi connectivity index (χ1v) is 11.0. The van der Waals surface area contributed by atoms with Crippen molar-refractivity contribution < 1.29 is 14.3 Å². The summed E-state index contributed by atoms with van der Waals surface area (Å²) in [5.41, 5.74) is 1.21. The number of likely N-dealkylation sites (tertiary alicyclic amines) is 1. The molecule has 1 spiro atoms. The number of ether oxygens (including phenoxy) is 1. The number of hydrogen-bond donors (Lipinski definition) is 0. The summed E-state index contributed by atoms with van der Waals surface area (Å²) in [6.45, 7) is 7.00. The van der Waals surface area contributed by atoms with Crippen LogP contribution in [0.1, 0.15) is 67.8 Å². The Labute approximate surface area is 168 Å². The molecule has 1 aliphatic carbocycles. The van der Waals surface area contributed by atoms with Gasteiger partial charge in [0.2, 0.25) is 5.91 Å². The average Bonchev–Trinajstić information content (AvgIpc) is 3.01. The summed E-state index contributed by atoms with van der Waals surface area (Å²) in [5, 5.41) is 0. The van der Waals surface area contributed by atoms with Gasteiger partial charge in [-0.3, -0.25) is 4.79 Å². The molecule has 1 aromatic rings. The molecule has 152 valence electrons. The molecule has 3 aliphatic rings. The fourth-order valence-electron chi connectivity index (χ4n) is 5.18. The van der Waals surface area contributed by atoms with Crippen LogP contribution in [0.2, 0.25) is 0 Å². The van der Waals surface area contributed by atoms with Gasteiger partial charge in [-0.15, -0.1) is 0 Å². The van der Waals surface area contributed by atoms with E-state index in [2.05, 4.69) is 11.8 Å². The number of piperidine rings is 1. The zero-order valence-corrected chi connectivity index (χ0v) is 17.0. The highest BCUT2D eigenvalue weighted by molar-refractivity contribution is 5.94. The Morgan fingerprint density at radius 2 is 1.89 bits per heavy atom. The number of likely N-dealkylation sites (N-methyl/N-ethyl adjacent to an activating group) is 1. The maximum Gasteiger partial charge on any atom is 0.339 e. The van der Waals surface area contributed by atoms with Crippen LogP contribution < -0.4 is 0 Å². The molecule has 1 amide bonds. The van der Waals surface area contributed by atoms with E-state index in [0.717, 1.165) is 50.9 Å². The van der Waals surface area contributed by atoms with Crippen LogP contribution in [0.4, 0.5) is 0 Å². The number of amides is 1. The van der Waals surface area contributed by atoms with Gasteiger partial charge in [-0.25, -0.2) is 4.79 Å². The van der Waals surface area contributed by atoms with Crippen LogP contribution in [0.25, 0.3) is 0 Å². The minimum atomic E-state index is -0.505. The number of carbonyl (C=O) groups excluding carboxylic acids is 2. The monoisotopic (exact) mass is 384 g/mol. The van der Waals surface area contributed by atoms with Crippen molar-refractivity contribution in [2.45, 2.75) is 57.5 Å². The number of carbonyl (C=O) groups is 2.